The third-order valence-corrected chi connectivity index (χ3v) is 7.30. The number of aromatic nitrogens is 2. The Morgan fingerprint density at radius 3 is 2.38 bits per heavy atom. The van der Waals surface area contributed by atoms with E-state index in [2.05, 4.69) is 41.1 Å². The number of carbonyl (C=O) groups excluding carboxylic acids is 1. The average Bonchev–Trinajstić information content (AvgIpc) is 3.24. The van der Waals surface area contributed by atoms with E-state index in [0.29, 0.717) is 24.4 Å². The summed E-state index contributed by atoms with van der Waals surface area (Å²) in [5.41, 5.74) is 7.97. The number of halogens is 1. The van der Waals surface area contributed by atoms with Crippen molar-refractivity contribution < 1.29 is 9.18 Å². The number of nitrogens with one attached hydrogen (secondary N) is 1. The molecule has 0 atom stereocenters. The van der Waals surface area contributed by atoms with Gasteiger partial charge in [0, 0.05) is 17.9 Å². The molecule has 0 fully saturated rings. The van der Waals surface area contributed by atoms with Gasteiger partial charge in [0.05, 0.1) is 17.6 Å². The molecule has 0 bridgehead atoms. The van der Waals surface area contributed by atoms with Crippen LogP contribution < -0.4 is 5.32 Å². The Bertz CT molecular complexity index is 1540. The van der Waals surface area contributed by atoms with E-state index in [4.69, 9.17) is 4.98 Å². The summed E-state index contributed by atoms with van der Waals surface area (Å²) in [5.74, 6) is 0.307. The van der Waals surface area contributed by atoms with E-state index < -0.39 is 0 Å². The largest absolute Gasteiger partial charge is 0.348 e. The molecule has 6 heteroatoms. The number of benzene rings is 4. The van der Waals surface area contributed by atoms with Gasteiger partial charge in [-0.2, -0.15) is 0 Å². The standard InChI is InChI=1S/C31H28FN3OS/c1-21-6-8-23(9-7-21)18-33-30(36)26-12-15-28-29(17-26)35(19-25-5-3-4-22(2)16-25)31(34-28)37-20-24-10-13-27(32)14-11-24/h3-17H,18-20H2,1-2H3,(H,33,36). The highest BCUT2D eigenvalue weighted by Gasteiger charge is 2.15. The molecular weight excluding hydrogens is 481 g/mol. The van der Waals surface area contributed by atoms with Crippen molar-refractivity contribution in [1.82, 2.24) is 14.9 Å². The van der Waals surface area contributed by atoms with Gasteiger partial charge in [-0.1, -0.05) is 83.6 Å². The molecule has 0 aliphatic carbocycles. The second kappa shape index (κ2) is 11.0. The summed E-state index contributed by atoms with van der Waals surface area (Å²) in [6.45, 7) is 5.23. The Kier molecular flexibility index (Phi) is 7.37. The number of amides is 1. The Labute approximate surface area is 220 Å². The Hall–Kier alpha value is -3.90. The molecule has 0 aliphatic heterocycles. The zero-order valence-corrected chi connectivity index (χ0v) is 21.7. The van der Waals surface area contributed by atoms with Gasteiger partial charge in [0.2, 0.25) is 0 Å². The van der Waals surface area contributed by atoms with Crippen molar-refractivity contribution in [2.75, 3.05) is 0 Å². The molecule has 0 unspecified atom stereocenters. The van der Waals surface area contributed by atoms with E-state index >= 15 is 0 Å². The molecule has 0 saturated carbocycles. The fraction of sp³-hybridized carbons (Fsp3) is 0.161. The lowest BCUT2D eigenvalue weighted by atomic mass is 10.1. The molecular formula is C31H28FN3OS. The van der Waals surface area contributed by atoms with Gasteiger partial charge in [0.1, 0.15) is 5.82 Å². The summed E-state index contributed by atoms with van der Waals surface area (Å²) in [4.78, 5) is 17.9. The third kappa shape index (κ3) is 6.09. The summed E-state index contributed by atoms with van der Waals surface area (Å²) < 4.78 is 15.5. The minimum atomic E-state index is -0.242. The van der Waals surface area contributed by atoms with E-state index in [1.54, 1.807) is 23.9 Å². The van der Waals surface area contributed by atoms with Crippen molar-refractivity contribution in [3.8, 4) is 0 Å². The van der Waals surface area contributed by atoms with Crippen LogP contribution in [0.1, 0.15) is 38.2 Å². The first-order chi connectivity index (χ1) is 17.9. The van der Waals surface area contributed by atoms with Crippen LogP contribution in [0.2, 0.25) is 0 Å². The molecule has 4 aromatic carbocycles. The smallest absolute Gasteiger partial charge is 0.251 e. The van der Waals surface area contributed by atoms with Gasteiger partial charge < -0.3 is 9.88 Å². The molecule has 186 valence electrons. The van der Waals surface area contributed by atoms with Crippen LogP contribution in [0.4, 0.5) is 4.39 Å². The molecule has 5 aromatic rings. The normalized spacial score (nSPS) is 11.1. The van der Waals surface area contributed by atoms with Gasteiger partial charge in [-0.05, 0) is 60.9 Å². The molecule has 0 radical (unpaired) electrons. The molecule has 1 amide bonds. The highest BCUT2D eigenvalue weighted by atomic mass is 32.2. The summed E-state index contributed by atoms with van der Waals surface area (Å²) in [6, 6.07) is 28.8. The number of rotatable bonds is 8. The van der Waals surface area contributed by atoms with E-state index in [0.717, 1.165) is 32.9 Å². The van der Waals surface area contributed by atoms with Crippen molar-refractivity contribution in [1.29, 1.82) is 0 Å². The Balaban J connectivity index is 1.43. The molecule has 4 nitrogen and oxygen atoms in total. The van der Waals surface area contributed by atoms with E-state index in [1.165, 1.54) is 23.3 Å². The number of carbonyl (C=O) groups is 1. The second-order valence-electron chi connectivity index (χ2n) is 9.26. The second-order valence-corrected chi connectivity index (χ2v) is 10.2. The van der Waals surface area contributed by atoms with Crippen LogP contribution in [-0.2, 0) is 18.8 Å². The van der Waals surface area contributed by atoms with Crippen LogP contribution >= 0.6 is 11.8 Å². The van der Waals surface area contributed by atoms with Gasteiger partial charge >= 0.3 is 0 Å². The summed E-state index contributed by atoms with van der Waals surface area (Å²) in [5, 5.41) is 3.89. The fourth-order valence-electron chi connectivity index (χ4n) is 4.22. The number of nitrogens with zero attached hydrogens (tertiary/aromatic N) is 2. The molecule has 1 heterocycles. The van der Waals surface area contributed by atoms with Crippen LogP contribution in [-0.4, -0.2) is 15.5 Å². The molecule has 1 aromatic heterocycles. The zero-order valence-electron chi connectivity index (χ0n) is 20.9. The van der Waals surface area contributed by atoms with Crippen molar-refractivity contribution >= 4 is 28.7 Å². The van der Waals surface area contributed by atoms with E-state index in [-0.39, 0.29) is 11.7 Å². The van der Waals surface area contributed by atoms with Crippen molar-refractivity contribution in [2.45, 2.75) is 37.8 Å². The molecule has 0 spiro atoms. The Morgan fingerprint density at radius 1 is 0.865 bits per heavy atom. The van der Waals surface area contributed by atoms with Gasteiger partial charge in [-0.3, -0.25) is 4.79 Å². The number of hydrogen-bond acceptors (Lipinski definition) is 3. The maximum absolute atomic E-state index is 13.3. The predicted molar refractivity (Wildman–Crippen MR) is 148 cm³/mol. The monoisotopic (exact) mass is 509 g/mol. The number of hydrogen-bond donors (Lipinski definition) is 1. The zero-order chi connectivity index (χ0) is 25.8. The lowest BCUT2D eigenvalue weighted by molar-refractivity contribution is 0.0951. The lowest BCUT2D eigenvalue weighted by Gasteiger charge is -2.11. The van der Waals surface area contributed by atoms with Crippen molar-refractivity contribution in [3.63, 3.8) is 0 Å². The SMILES string of the molecule is Cc1ccc(CNC(=O)c2ccc3nc(SCc4ccc(F)cc4)n(Cc4cccc(C)c4)c3c2)cc1. The van der Waals surface area contributed by atoms with Crippen LogP contribution in [0.5, 0.6) is 0 Å². The van der Waals surface area contributed by atoms with Crippen LogP contribution in [0.3, 0.4) is 0 Å². The predicted octanol–water partition coefficient (Wildman–Crippen LogP) is 7.06. The third-order valence-electron chi connectivity index (χ3n) is 6.25. The van der Waals surface area contributed by atoms with Crippen LogP contribution in [0.25, 0.3) is 11.0 Å². The van der Waals surface area contributed by atoms with Gasteiger partial charge in [-0.15, -0.1) is 0 Å². The maximum atomic E-state index is 13.3. The fourth-order valence-corrected chi connectivity index (χ4v) is 5.19. The van der Waals surface area contributed by atoms with E-state index in [9.17, 15) is 9.18 Å². The van der Waals surface area contributed by atoms with Gasteiger partial charge in [0.15, 0.2) is 5.16 Å². The quantitative estimate of drug-likeness (QED) is 0.228. The number of thioether (sulfide) groups is 1. The number of fused-ring (bicyclic) bond motifs is 1. The average molecular weight is 510 g/mol. The summed E-state index contributed by atoms with van der Waals surface area (Å²) in [7, 11) is 0. The summed E-state index contributed by atoms with van der Waals surface area (Å²) in [6.07, 6.45) is 0. The first-order valence-electron chi connectivity index (χ1n) is 12.2. The molecule has 0 saturated heterocycles. The van der Waals surface area contributed by atoms with E-state index in [1.807, 2.05) is 49.4 Å². The first-order valence-corrected chi connectivity index (χ1v) is 13.2. The highest BCUT2D eigenvalue weighted by Crippen LogP contribution is 2.29. The topological polar surface area (TPSA) is 46.9 Å². The minimum absolute atomic E-state index is 0.119. The molecule has 0 aliphatic rings. The van der Waals surface area contributed by atoms with Gasteiger partial charge in [0.25, 0.3) is 5.91 Å². The molecule has 1 N–H and O–H groups in total. The first kappa shape index (κ1) is 24.8. The molecule has 5 rings (SSSR count). The number of aryl methyl sites for hydroxylation is 2. The minimum Gasteiger partial charge on any atom is -0.348 e. The summed E-state index contributed by atoms with van der Waals surface area (Å²) >= 11 is 1.61. The van der Waals surface area contributed by atoms with Crippen molar-refractivity contribution in [2.24, 2.45) is 0 Å². The highest BCUT2D eigenvalue weighted by molar-refractivity contribution is 7.98. The van der Waals surface area contributed by atoms with Crippen LogP contribution in [0.15, 0.2) is 96.2 Å². The Morgan fingerprint density at radius 2 is 1.62 bits per heavy atom. The maximum Gasteiger partial charge on any atom is 0.251 e. The number of imidazole rings is 1. The molecule has 37 heavy (non-hydrogen) atoms. The van der Waals surface area contributed by atoms with Crippen molar-refractivity contribution in [3.05, 3.63) is 130 Å². The van der Waals surface area contributed by atoms with Gasteiger partial charge in [-0.25, -0.2) is 9.37 Å². The lowest BCUT2D eigenvalue weighted by Crippen LogP contribution is -2.22. The van der Waals surface area contributed by atoms with Crippen LogP contribution in [0, 0.1) is 19.7 Å².